The number of halogens is 2. The zero-order valence-electron chi connectivity index (χ0n) is 11.8. The van der Waals surface area contributed by atoms with Crippen molar-refractivity contribution in [2.24, 2.45) is 14.1 Å². The maximum absolute atomic E-state index is 12.4. The van der Waals surface area contributed by atoms with Crippen molar-refractivity contribution in [3.63, 3.8) is 0 Å². The van der Waals surface area contributed by atoms with E-state index >= 15 is 0 Å². The molecule has 2 heterocycles. The van der Waals surface area contributed by atoms with E-state index in [2.05, 4.69) is 5.10 Å². The first-order valence-corrected chi connectivity index (χ1v) is 6.82. The highest BCUT2D eigenvalue weighted by Gasteiger charge is 2.19. The number of hydrogen-bond acceptors (Lipinski definition) is 2. The monoisotopic (exact) mass is 314 g/mol. The maximum atomic E-state index is 12.4. The molecule has 0 aliphatic rings. The van der Waals surface area contributed by atoms with Gasteiger partial charge in [-0.05, 0) is 13.0 Å². The molecule has 0 atom stereocenters. The van der Waals surface area contributed by atoms with Crippen molar-refractivity contribution < 1.29 is 4.79 Å². The van der Waals surface area contributed by atoms with E-state index in [9.17, 15) is 4.79 Å². The number of aromatic nitrogens is 3. The van der Waals surface area contributed by atoms with Crippen LogP contribution in [0.25, 0.3) is 0 Å². The third kappa shape index (κ3) is 2.69. The quantitative estimate of drug-likeness (QED) is 0.874. The molecule has 2 aromatic rings. The molecule has 1 amide bonds. The molecule has 0 fully saturated rings. The highest BCUT2D eigenvalue weighted by molar-refractivity contribution is 6.31. The predicted molar refractivity (Wildman–Crippen MR) is 79.2 cm³/mol. The van der Waals surface area contributed by atoms with Crippen molar-refractivity contribution in [2.75, 3.05) is 7.05 Å². The van der Waals surface area contributed by atoms with Gasteiger partial charge in [-0.1, -0.05) is 23.2 Å². The third-order valence-corrected chi connectivity index (χ3v) is 3.88. The second kappa shape index (κ2) is 5.50. The second-order valence-electron chi connectivity index (χ2n) is 4.79. The molecular formula is C13H16Cl2N4O. The lowest BCUT2D eigenvalue weighted by molar-refractivity contribution is 0.0775. The van der Waals surface area contributed by atoms with Crippen LogP contribution >= 0.6 is 23.2 Å². The van der Waals surface area contributed by atoms with Crippen LogP contribution in [0.5, 0.6) is 0 Å². The van der Waals surface area contributed by atoms with Crippen molar-refractivity contribution in [1.82, 2.24) is 19.2 Å². The fraction of sp³-hybridized carbons (Fsp3) is 0.385. The first-order chi connectivity index (χ1) is 9.31. The Morgan fingerprint density at radius 1 is 1.40 bits per heavy atom. The molecule has 7 heteroatoms. The first kappa shape index (κ1) is 14.9. The summed E-state index contributed by atoms with van der Waals surface area (Å²) in [7, 11) is 5.29. The van der Waals surface area contributed by atoms with Crippen LogP contribution in [0.4, 0.5) is 0 Å². The molecule has 5 nitrogen and oxygen atoms in total. The minimum absolute atomic E-state index is 0.112. The van der Waals surface area contributed by atoms with Gasteiger partial charge in [0, 0.05) is 32.9 Å². The average Bonchev–Trinajstić information content (AvgIpc) is 2.82. The molecule has 0 radical (unpaired) electrons. The lowest BCUT2D eigenvalue weighted by Crippen LogP contribution is -2.28. The highest BCUT2D eigenvalue weighted by atomic mass is 35.5. The normalized spacial score (nSPS) is 10.9. The van der Waals surface area contributed by atoms with Crippen LogP contribution in [0.1, 0.15) is 21.7 Å². The standard InChI is InChI=1S/C13H16Cl2N4O/c1-8-10(12(15)19(4)16-8)7-18(3)13(20)11-5-9(14)6-17(11)2/h5-6H,7H2,1-4H3. The molecule has 108 valence electrons. The molecule has 0 saturated heterocycles. The number of nitrogens with zero attached hydrogens (tertiary/aromatic N) is 4. The van der Waals surface area contributed by atoms with Crippen molar-refractivity contribution in [3.05, 3.63) is 39.4 Å². The van der Waals surface area contributed by atoms with Crippen LogP contribution < -0.4 is 0 Å². The topological polar surface area (TPSA) is 43.1 Å². The Hall–Kier alpha value is -1.46. The van der Waals surface area contributed by atoms with E-state index in [1.54, 1.807) is 47.6 Å². The summed E-state index contributed by atoms with van der Waals surface area (Å²) in [5.41, 5.74) is 2.21. The lowest BCUT2D eigenvalue weighted by Gasteiger charge is -2.17. The van der Waals surface area contributed by atoms with Gasteiger partial charge in [0.1, 0.15) is 10.8 Å². The van der Waals surface area contributed by atoms with Gasteiger partial charge < -0.3 is 9.47 Å². The number of aryl methyl sites for hydroxylation is 3. The minimum atomic E-state index is -0.112. The Morgan fingerprint density at radius 3 is 2.50 bits per heavy atom. The Morgan fingerprint density at radius 2 is 2.05 bits per heavy atom. The zero-order valence-corrected chi connectivity index (χ0v) is 13.3. The fourth-order valence-electron chi connectivity index (χ4n) is 2.09. The van der Waals surface area contributed by atoms with E-state index in [0.717, 1.165) is 11.3 Å². The Balaban J connectivity index is 2.22. The number of carbonyl (C=O) groups is 1. The van der Waals surface area contributed by atoms with Crippen molar-refractivity contribution >= 4 is 29.1 Å². The Bertz CT molecular complexity index is 660. The van der Waals surface area contributed by atoms with E-state index < -0.39 is 0 Å². The zero-order chi connectivity index (χ0) is 15.0. The van der Waals surface area contributed by atoms with E-state index in [-0.39, 0.29) is 5.91 Å². The van der Waals surface area contributed by atoms with E-state index in [0.29, 0.717) is 22.4 Å². The molecule has 2 rings (SSSR count). The van der Waals surface area contributed by atoms with E-state index in [1.165, 1.54) is 0 Å². The van der Waals surface area contributed by atoms with Crippen LogP contribution in [0.15, 0.2) is 12.3 Å². The van der Waals surface area contributed by atoms with Crippen LogP contribution in [-0.2, 0) is 20.6 Å². The van der Waals surface area contributed by atoms with Crippen molar-refractivity contribution in [3.8, 4) is 0 Å². The molecule has 0 N–H and O–H groups in total. The summed E-state index contributed by atoms with van der Waals surface area (Å²) in [4.78, 5) is 14.0. The van der Waals surface area contributed by atoms with Crippen molar-refractivity contribution in [2.45, 2.75) is 13.5 Å². The van der Waals surface area contributed by atoms with Gasteiger partial charge in [-0.25, -0.2) is 0 Å². The summed E-state index contributed by atoms with van der Waals surface area (Å²) in [5.74, 6) is -0.112. The molecule has 0 aliphatic heterocycles. The van der Waals surface area contributed by atoms with E-state index in [4.69, 9.17) is 23.2 Å². The van der Waals surface area contributed by atoms with Gasteiger partial charge in [-0.15, -0.1) is 0 Å². The summed E-state index contributed by atoms with van der Waals surface area (Å²) in [6.07, 6.45) is 1.70. The second-order valence-corrected chi connectivity index (χ2v) is 5.59. The van der Waals surface area contributed by atoms with Gasteiger partial charge in [-0.3, -0.25) is 9.48 Å². The largest absolute Gasteiger partial charge is 0.345 e. The number of rotatable bonds is 3. The van der Waals surface area contributed by atoms with Gasteiger partial charge in [0.25, 0.3) is 5.91 Å². The Labute approximate surface area is 127 Å². The van der Waals surface area contributed by atoms with E-state index in [1.807, 2.05) is 6.92 Å². The molecule has 2 aromatic heterocycles. The molecular weight excluding hydrogens is 299 g/mol. The molecule has 20 heavy (non-hydrogen) atoms. The van der Waals surface area contributed by atoms with Gasteiger partial charge in [0.2, 0.25) is 0 Å². The van der Waals surface area contributed by atoms with Crippen LogP contribution in [0, 0.1) is 6.92 Å². The number of amides is 1. The van der Waals surface area contributed by atoms with Gasteiger partial charge in [-0.2, -0.15) is 5.10 Å². The summed E-state index contributed by atoms with van der Waals surface area (Å²) >= 11 is 12.1. The number of carbonyl (C=O) groups excluding carboxylic acids is 1. The SMILES string of the molecule is Cc1nn(C)c(Cl)c1CN(C)C(=O)c1cc(Cl)cn1C. The molecule has 0 bridgehead atoms. The van der Waals surface area contributed by atoms with Gasteiger partial charge in [0.15, 0.2) is 0 Å². The average molecular weight is 315 g/mol. The lowest BCUT2D eigenvalue weighted by atomic mass is 10.2. The summed E-state index contributed by atoms with van der Waals surface area (Å²) in [6.45, 7) is 2.28. The summed E-state index contributed by atoms with van der Waals surface area (Å²) in [5, 5.41) is 5.33. The number of hydrogen-bond donors (Lipinski definition) is 0. The first-order valence-electron chi connectivity index (χ1n) is 6.06. The smallest absolute Gasteiger partial charge is 0.270 e. The summed E-state index contributed by atoms with van der Waals surface area (Å²) in [6, 6.07) is 1.65. The minimum Gasteiger partial charge on any atom is -0.345 e. The van der Waals surface area contributed by atoms with Crippen LogP contribution in [0.2, 0.25) is 10.2 Å². The summed E-state index contributed by atoms with van der Waals surface area (Å²) < 4.78 is 3.31. The highest BCUT2D eigenvalue weighted by Crippen LogP contribution is 2.21. The van der Waals surface area contributed by atoms with Crippen molar-refractivity contribution in [1.29, 1.82) is 0 Å². The molecule has 0 aromatic carbocycles. The molecule has 0 aliphatic carbocycles. The van der Waals surface area contributed by atoms with Gasteiger partial charge >= 0.3 is 0 Å². The molecule has 0 unspecified atom stereocenters. The van der Waals surface area contributed by atoms with Gasteiger partial charge in [0.05, 0.1) is 17.3 Å². The van der Waals surface area contributed by atoms with Crippen LogP contribution in [-0.4, -0.2) is 32.2 Å². The molecule has 0 spiro atoms. The maximum Gasteiger partial charge on any atom is 0.270 e. The van der Waals surface area contributed by atoms with Crippen LogP contribution in [0.3, 0.4) is 0 Å². The third-order valence-electron chi connectivity index (χ3n) is 3.20. The predicted octanol–water partition coefficient (Wildman–Crippen LogP) is 2.65. The fourth-order valence-corrected chi connectivity index (χ4v) is 2.58. The Kier molecular flexibility index (Phi) is 4.11. The molecule has 0 saturated carbocycles.